The maximum atomic E-state index is 11.6. The van der Waals surface area contributed by atoms with E-state index in [2.05, 4.69) is 18.5 Å². The zero-order valence-electron chi connectivity index (χ0n) is 12.2. The van der Waals surface area contributed by atoms with Crippen LogP contribution >= 0.6 is 0 Å². The van der Waals surface area contributed by atoms with Crippen LogP contribution in [-0.4, -0.2) is 31.6 Å². The van der Waals surface area contributed by atoms with Crippen LogP contribution in [0.3, 0.4) is 0 Å². The Morgan fingerprint density at radius 2 is 2.10 bits per heavy atom. The molecule has 0 aromatic rings. The number of nitrogens with zero attached hydrogens (tertiary/aromatic N) is 1. The lowest BCUT2D eigenvalue weighted by Gasteiger charge is -2.39. The summed E-state index contributed by atoms with van der Waals surface area (Å²) in [6, 6.07) is -0.386. The van der Waals surface area contributed by atoms with Crippen LogP contribution in [-0.2, 0) is 16.1 Å². The molecule has 1 rings (SSSR count). The highest BCUT2D eigenvalue weighted by Crippen LogP contribution is 2.30. The van der Waals surface area contributed by atoms with Crippen molar-refractivity contribution >= 4 is 17.2 Å². The maximum Gasteiger partial charge on any atom is 0.217 e. The van der Waals surface area contributed by atoms with Gasteiger partial charge in [0.05, 0.1) is 11.7 Å². The smallest absolute Gasteiger partial charge is 0.217 e. The van der Waals surface area contributed by atoms with Crippen molar-refractivity contribution in [3.8, 4) is 0 Å². The molecule has 1 amide bonds. The summed E-state index contributed by atoms with van der Waals surface area (Å²) in [5.41, 5.74) is 2.02. The molecule has 0 saturated carbocycles. The summed E-state index contributed by atoms with van der Waals surface area (Å²) in [6.45, 7) is 10.7. The van der Waals surface area contributed by atoms with Gasteiger partial charge in [0.2, 0.25) is 5.91 Å². The lowest BCUT2D eigenvalue weighted by molar-refractivity contribution is -0.118. The van der Waals surface area contributed by atoms with Gasteiger partial charge >= 0.3 is 0 Å². The van der Waals surface area contributed by atoms with E-state index in [0.29, 0.717) is 17.8 Å². The highest BCUT2D eigenvalue weighted by Gasteiger charge is 2.27. The van der Waals surface area contributed by atoms with Gasteiger partial charge in [0.15, 0.2) is 0 Å². The third-order valence-corrected chi connectivity index (χ3v) is 3.87. The van der Waals surface area contributed by atoms with E-state index >= 15 is 0 Å². The number of hydrogen-bond donors (Lipinski definition) is 1. The predicted octanol–water partition coefficient (Wildman–Crippen LogP) is 1.73. The summed E-state index contributed by atoms with van der Waals surface area (Å²) >= 11 is -2.43. The second-order valence-electron chi connectivity index (χ2n) is 4.49. The minimum absolute atomic E-state index is 0.167. The number of allylic oxidation sites excluding steroid dienone is 5. The van der Waals surface area contributed by atoms with E-state index in [1.54, 1.807) is 25.2 Å². The fourth-order valence-corrected chi connectivity index (χ4v) is 2.78. The van der Waals surface area contributed by atoms with Crippen LogP contribution in [0.1, 0.15) is 13.8 Å². The fraction of sp³-hybridized carbons (Fsp3) is 0.267. The van der Waals surface area contributed by atoms with Gasteiger partial charge in [-0.1, -0.05) is 31.4 Å². The molecular weight excluding hydrogens is 288 g/mol. The highest BCUT2D eigenvalue weighted by molar-refractivity contribution is 7.76. The van der Waals surface area contributed by atoms with Crippen molar-refractivity contribution in [2.75, 3.05) is 6.54 Å². The van der Waals surface area contributed by atoms with Crippen molar-refractivity contribution in [3.05, 3.63) is 60.4 Å². The summed E-state index contributed by atoms with van der Waals surface area (Å²) in [5, 5.41) is 2.69. The van der Waals surface area contributed by atoms with Crippen molar-refractivity contribution in [1.29, 1.82) is 0 Å². The Hall–Kier alpha value is -1.92. The number of amides is 1. The molecule has 5 nitrogen and oxygen atoms in total. The third-order valence-electron chi connectivity index (χ3n) is 3.04. The van der Waals surface area contributed by atoms with Gasteiger partial charge in [-0.3, -0.25) is 13.3 Å². The average Bonchev–Trinajstić information content (AvgIpc) is 2.40. The first-order valence-electron chi connectivity index (χ1n) is 6.41. The third kappa shape index (κ3) is 4.27. The van der Waals surface area contributed by atoms with E-state index in [1.165, 1.54) is 17.3 Å². The second-order valence-corrected chi connectivity index (χ2v) is 5.32. The van der Waals surface area contributed by atoms with E-state index in [1.807, 2.05) is 6.08 Å². The predicted molar refractivity (Wildman–Crippen MR) is 83.5 cm³/mol. The zero-order valence-corrected chi connectivity index (χ0v) is 13.0. The van der Waals surface area contributed by atoms with E-state index in [0.717, 1.165) is 5.57 Å². The molecule has 0 fully saturated rings. The molecule has 0 aromatic heterocycles. The Morgan fingerprint density at radius 3 is 2.57 bits per heavy atom. The van der Waals surface area contributed by atoms with Crippen LogP contribution in [0, 0.1) is 0 Å². The molecule has 0 spiro atoms. The van der Waals surface area contributed by atoms with Gasteiger partial charge in [-0.15, -0.1) is 0 Å². The first-order valence-corrected chi connectivity index (χ1v) is 7.44. The molecule has 2 atom stereocenters. The molecule has 1 aliphatic rings. The topological polar surface area (TPSA) is 72.5 Å². The molecule has 1 heterocycles. The number of carbonyl (C=O) groups excluding carboxylic acids is 1. The van der Waals surface area contributed by atoms with Crippen LogP contribution in [0.5, 0.6) is 0 Å². The molecule has 0 saturated heterocycles. The van der Waals surface area contributed by atoms with Crippen molar-refractivity contribution in [3.63, 3.8) is 0 Å². The van der Waals surface area contributed by atoms with E-state index in [9.17, 15) is 13.6 Å². The molecule has 1 N–H and O–H groups in total. The van der Waals surface area contributed by atoms with Crippen molar-refractivity contribution in [2.24, 2.45) is 0 Å². The number of carbonyl (C=O) groups is 1. The summed E-state index contributed by atoms with van der Waals surface area (Å²) in [5.74, 6) is -0.167. The van der Waals surface area contributed by atoms with Crippen molar-refractivity contribution in [2.45, 2.75) is 19.9 Å². The molecule has 0 aromatic carbocycles. The van der Waals surface area contributed by atoms with Gasteiger partial charge in [-0.2, -0.15) is 0 Å². The molecule has 1 unspecified atom stereocenters. The van der Waals surface area contributed by atoms with Crippen LogP contribution in [0.4, 0.5) is 0 Å². The number of rotatable bonds is 5. The van der Waals surface area contributed by atoms with Gasteiger partial charge in [0.25, 0.3) is 0 Å². The van der Waals surface area contributed by atoms with Crippen LogP contribution < -0.4 is 5.32 Å². The number of hydrogen-bond acceptors (Lipinski definition) is 3. The molecule has 21 heavy (non-hydrogen) atoms. The average molecular weight is 307 g/mol. The van der Waals surface area contributed by atoms with Gasteiger partial charge in [-0.05, 0) is 30.2 Å². The van der Waals surface area contributed by atoms with Gasteiger partial charge < -0.3 is 9.87 Å². The first-order chi connectivity index (χ1) is 9.92. The summed E-state index contributed by atoms with van der Waals surface area (Å²) in [6.07, 6.45) is 8.33. The molecule has 114 valence electrons. The first kappa shape index (κ1) is 17.1. The second kappa shape index (κ2) is 7.75. The van der Waals surface area contributed by atoms with E-state index in [4.69, 9.17) is 0 Å². The van der Waals surface area contributed by atoms with Crippen LogP contribution in [0.25, 0.3) is 0 Å². The Balaban J connectivity index is 3.31. The maximum absolute atomic E-state index is 11.6. The number of nitrogens with one attached hydrogen (secondary N) is 1. The van der Waals surface area contributed by atoms with Crippen molar-refractivity contribution < 1.29 is 13.6 Å². The summed E-state index contributed by atoms with van der Waals surface area (Å²) < 4.78 is 24.4. The normalized spacial score (nSPS) is 23.7. The molecule has 0 radical (unpaired) electrons. The van der Waals surface area contributed by atoms with E-state index in [-0.39, 0.29) is 11.9 Å². The Bertz CT molecular complexity index is 561. The minimum Gasteiger partial charge on any atom is -0.755 e. The van der Waals surface area contributed by atoms with Gasteiger partial charge in [0, 0.05) is 24.7 Å². The lowest BCUT2D eigenvalue weighted by Crippen LogP contribution is -2.41. The fourth-order valence-electron chi connectivity index (χ4n) is 2.06. The highest BCUT2D eigenvalue weighted by atomic mass is 32.2. The summed E-state index contributed by atoms with van der Waals surface area (Å²) in [4.78, 5) is 11.1. The molecule has 6 heteroatoms. The Labute approximate surface area is 127 Å². The zero-order chi connectivity index (χ0) is 16.0. The Morgan fingerprint density at radius 1 is 1.48 bits per heavy atom. The molecule has 1 aliphatic heterocycles. The Kier molecular flexibility index (Phi) is 6.33. The minimum atomic E-state index is -2.43. The largest absolute Gasteiger partial charge is 0.755 e. The SMILES string of the molecule is C=C/C=C1/C=C(CNC(C)=O)[C@@H](C)N(S(=O)[O-])/C1=C/C=C. The molecular formula is C15H19N2O3S-. The van der Waals surface area contributed by atoms with E-state index < -0.39 is 11.3 Å². The summed E-state index contributed by atoms with van der Waals surface area (Å²) in [7, 11) is 0. The molecule has 0 aliphatic carbocycles. The molecule has 0 bridgehead atoms. The lowest BCUT2D eigenvalue weighted by atomic mass is 9.96. The quantitative estimate of drug-likeness (QED) is 0.786. The van der Waals surface area contributed by atoms with Crippen LogP contribution in [0.2, 0.25) is 0 Å². The van der Waals surface area contributed by atoms with Crippen LogP contribution in [0.15, 0.2) is 60.4 Å². The van der Waals surface area contributed by atoms with Crippen molar-refractivity contribution in [1.82, 2.24) is 9.62 Å². The monoisotopic (exact) mass is 307 g/mol. The standard InChI is InChI=1S/C15H20N2O3S/c1-5-7-13-9-14(10-16-12(4)18)11(3)17(21(19)20)15(13)8-6-2/h5-9,11H,1-2,10H2,3-4H3,(H,16,18)(H,19,20)/p-1/b13-7-,15-8+/t11-/m1/s1. The van der Waals surface area contributed by atoms with Gasteiger partial charge in [-0.25, -0.2) is 0 Å². The van der Waals surface area contributed by atoms with Gasteiger partial charge in [0.1, 0.15) is 0 Å².